The van der Waals surface area contributed by atoms with Crippen LogP contribution in [-0.4, -0.2) is 37.8 Å². The van der Waals surface area contributed by atoms with Gasteiger partial charge in [-0.1, -0.05) is 25.5 Å². The Balaban J connectivity index is 1.75. The van der Waals surface area contributed by atoms with Gasteiger partial charge in [-0.25, -0.2) is 5.43 Å². The maximum absolute atomic E-state index is 12.1. The summed E-state index contributed by atoms with van der Waals surface area (Å²) in [4.78, 5) is 24.3. The Kier molecular flexibility index (Phi) is 9.37. The second kappa shape index (κ2) is 12.3. The Morgan fingerprint density at radius 1 is 1.07 bits per heavy atom. The van der Waals surface area contributed by atoms with Crippen molar-refractivity contribution in [3.63, 3.8) is 0 Å². The fraction of sp³-hybridized carbons (Fsp3) is 0.348. The number of unbranched alkanes of at least 4 members (excludes halogenated alkanes) is 1. The van der Waals surface area contributed by atoms with Crippen LogP contribution in [0.2, 0.25) is 0 Å². The molecule has 0 fully saturated rings. The fourth-order valence-corrected chi connectivity index (χ4v) is 2.54. The minimum atomic E-state index is -0.706. The van der Waals surface area contributed by atoms with E-state index in [-0.39, 0.29) is 12.3 Å². The predicted molar refractivity (Wildman–Crippen MR) is 117 cm³/mol. The third-order valence-electron chi connectivity index (χ3n) is 4.33. The Labute approximate surface area is 177 Å². The molecule has 0 saturated heterocycles. The second-order valence-electron chi connectivity index (χ2n) is 6.82. The van der Waals surface area contributed by atoms with Gasteiger partial charge in [-0.15, -0.1) is 0 Å². The maximum atomic E-state index is 12.1. The second-order valence-corrected chi connectivity index (χ2v) is 6.82. The monoisotopic (exact) mass is 411 g/mol. The number of nitrogens with one attached hydrogen (secondary N) is 2. The molecule has 2 aromatic carbocycles. The largest absolute Gasteiger partial charge is 0.497 e. The first-order chi connectivity index (χ1) is 14.5. The van der Waals surface area contributed by atoms with E-state index in [1.54, 1.807) is 32.4 Å². The number of carbonyl (C=O) groups excluding carboxylic acids is 2. The molecule has 0 aliphatic heterocycles. The van der Waals surface area contributed by atoms with Gasteiger partial charge in [-0.05, 0) is 60.9 Å². The molecule has 30 heavy (non-hydrogen) atoms. The highest BCUT2D eigenvalue weighted by atomic mass is 16.5. The van der Waals surface area contributed by atoms with Crippen LogP contribution in [0.3, 0.4) is 0 Å². The molecule has 0 saturated carbocycles. The zero-order chi connectivity index (χ0) is 21.8. The van der Waals surface area contributed by atoms with E-state index in [4.69, 9.17) is 9.47 Å². The third kappa shape index (κ3) is 7.95. The number of nitrogens with zero attached hydrogens (tertiary/aromatic N) is 1. The summed E-state index contributed by atoms with van der Waals surface area (Å²) < 4.78 is 10.7. The zero-order valence-electron chi connectivity index (χ0n) is 17.7. The van der Waals surface area contributed by atoms with Crippen molar-refractivity contribution in [3.05, 3.63) is 59.7 Å². The number of amides is 2. The van der Waals surface area contributed by atoms with Gasteiger partial charge in [0.2, 0.25) is 5.91 Å². The molecule has 2 rings (SSSR count). The first-order valence-electron chi connectivity index (χ1n) is 10.00. The van der Waals surface area contributed by atoms with Crippen LogP contribution in [0.5, 0.6) is 11.5 Å². The summed E-state index contributed by atoms with van der Waals surface area (Å²) >= 11 is 0. The van der Waals surface area contributed by atoms with E-state index in [1.807, 2.05) is 36.4 Å². The molecule has 0 aliphatic carbocycles. The summed E-state index contributed by atoms with van der Waals surface area (Å²) in [5.74, 6) is 0.889. The summed E-state index contributed by atoms with van der Waals surface area (Å²) in [6.45, 7) is 4.42. The average Bonchev–Trinajstić information content (AvgIpc) is 2.75. The van der Waals surface area contributed by atoms with Crippen molar-refractivity contribution in [3.8, 4) is 11.5 Å². The average molecular weight is 412 g/mol. The first kappa shape index (κ1) is 22.9. The van der Waals surface area contributed by atoms with Gasteiger partial charge in [0.1, 0.15) is 17.5 Å². The van der Waals surface area contributed by atoms with Crippen LogP contribution in [0.15, 0.2) is 53.6 Å². The third-order valence-corrected chi connectivity index (χ3v) is 4.33. The Morgan fingerprint density at radius 2 is 1.73 bits per heavy atom. The van der Waals surface area contributed by atoms with Gasteiger partial charge in [0, 0.05) is 0 Å². The molecule has 0 heterocycles. The van der Waals surface area contributed by atoms with E-state index in [2.05, 4.69) is 22.8 Å². The first-order valence-corrected chi connectivity index (χ1v) is 10.00. The van der Waals surface area contributed by atoms with Gasteiger partial charge < -0.3 is 14.8 Å². The summed E-state index contributed by atoms with van der Waals surface area (Å²) in [5, 5.41) is 6.61. The zero-order valence-corrected chi connectivity index (χ0v) is 17.7. The SMILES string of the molecule is CCCCOc1ccc(C=NNC(=O)C(C)NC(=O)Cc2ccc(OC)cc2)cc1. The van der Waals surface area contributed by atoms with E-state index in [0.717, 1.165) is 35.5 Å². The van der Waals surface area contributed by atoms with Crippen LogP contribution in [0, 0.1) is 0 Å². The smallest absolute Gasteiger partial charge is 0.262 e. The van der Waals surface area contributed by atoms with Gasteiger partial charge in [0.15, 0.2) is 0 Å². The van der Waals surface area contributed by atoms with E-state index in [1.165, 1.54) is 0 Å². The van der Waals surface area contributed by atoms with Gasteiger partial charge in [0.25, 0.3) is 5.91 Å². The Bertz CT molecular complexity index is 833. The molecule has 2 N–H and O–H groups in total. The lowest BCUT2D eigenvalue weighted by Crippen LogP contribution is -2.43. The number of hydrogen-bond donors (Lipinski definition) is 2. The Morgan fingerprint density at radius 3 is 2.37 bits per heavy atom. The van der Waals surface area contributed by atoms with E-state index < -0.39 is 11.9 Å². The number of hydrogen-bond acceptors (Lipinski definition) is 5. The molecule has 7 nitrogen and oxygen atoms in total. The molecular formula is C23H29N3O4. The molecule has 1 unspecified atom stereocenters. The van der Waals surface area contributed by atoms with Crippen LogP contribution >= 0.6 is 0 Å². The highest BCUT2D eigenvalue weighted by Crippen LogP contribution is 2.12. The van der Waals surface area contributed by atoms with Gasteiger partial charge in [-0.3, -0.25) is 9.59 Å². The quantitative estimate of drug-likeness (QED) is 0.338. The van der Waals surface area contributed by atoms with Crippen molar-refractivity contribution in [2.45, 2.75) is 39.2 Å². The molecule has 0 bridgehead atoms. The van der Waals surface area contributed by atoms with Crippen molar-refractivity contribution < 1.29 is 19.1 Å². The van der Waals surface area contributed by atoms with Crippen molar-refractivity contribution in [1.82, 2.24) is 10.7 Å². The number of methoxy groups -OCH3 is 1. The summed E-state index contributed by atoms with van der Waals surface area (Å²) in [6.07, 6.45) is 3.83. The number of ether oxygens (including phenoxy) is 2. The lowest BCUT2D eigenvalue weighted by atomic mass is 10.1. The molecule has 0 aliphatic rings. The number of rotatable bonds is 11. The summed E-state index contributed by atoms with van der Waals surface area (Å²) in [7, 11) is 1.59. The van der Waals surface area contributed by atoms with Crippen molar-refractivity contribution >= 4 is 18.0 Å². The molecule has 0 radical (unpaired) electrons. The van der Waals surface area contributed by atoms with E-state index >= 15 is 0 Å². The molecule has 2 amide bonds. The van der Waals surface area contributed by atoms with E-state index in [0.29, 0.717) is 6.61 Å². The highest BCUT2D eigenvalue weighted by molar-refractivity contribution is 5.89. The van der Waals surface area contributed by atoms with Gasteiger partial charge in [-0.2, -0.15) is 5.10 Å². The van der Waals surface area contributed by atoms with Crippen LogP contribution < -0.4 is 20.2 Å². The summed E-state index contributed by atoms with van der Waals surface area (Å²) in [6, 6.07) is 13.9. The highest BCUT2D eigenvalue weighted by Gasteiger charge is 2.15. The topological polar surface area (TPSA) is 89.0 Å². The number of carbonyl (C=O) groups is 2. The molecule has 0 aromatic heterocycles. The lowest BCUT2D eigenvalue weighted by molar-refractivity contribution is -0.128. The van der Waals surface area contributed by atoms with Crippen molar-refractivity contribution in [2.24, 2.45) is 5.10 Å². The number of benzene rings is 2. The molecule has 7 heteroatoms. The van der Waals surface area contributed by atoms with Crippen LogP contribution in [-0.2, 0) is 16.0 Å². The molecule has 2 aromatic rings. The Hall–Kier alpha value is -3.35. The lowest BCUT2D eigenvalue weighted by Gasteiger charge is -2.12. The van der Waals surface area contributed by atoms with Crippen molar-refractivity contribution in [2.75, 3.05) is 13.7 Å². The minimum absolute atomic E-state index is 0.178. The molecular weight excluding hydrogens is 382 g/mol. The minimum Gasteiger partial charge on any atom is -0.497 e. The van der Waals surface area contributed by atoms with Crippen LogP contribution in [0.1, 0.15) is 37.8 Å². The van der Waals surface area contributed by atoms with E-state index in [9.17, 15) is 9.59 Å². The van der Waals surface area contributed by atoms with Crippen LogP contribution in [0.25, 0.3) is 0 Å². The number of hydrazone groups is 1. The van der Waals surface area contributed by atoms with Gasteiger partial charge in [0.05, 0.1) is 26.4 Å². The standard InChI is InChI=1S/C23H29N3O4/c1-4-5-14-30-21-12-8-19(9-13-21)16-24-26-23(28)17(2)25-22(27)15-18-6-10-20(29-3)11-7-18/h6-13,16-17H,4-5,14-15H2,1-3H3,(H,25,27)(H,26,28). The molecule has 0 spiro atoms. The predicted octanol–water partition coefficient (Wildman–Crippen LogP) is 3.07. The normalized spacial score (nSPS) is 11.7. The van der Waals surface area contributed by atoms with Gasteiger partial charge >= 0.3 is 0 Å². The van der Waals surface area contributed by atoms with Crippen LogP contribution in [0.4, 0.5) is 0 Å². The fourth-order valence-electron chi connectivity index (χ4n) is 2.54. The van der Waals surface area contributed by atoms with Crippen molar-refractivity contribution in [1.29, 1.82) is 0 Å². The maximum Gasteiger partial charge on any atom is 0.262 e. The summed E-state index contributed by atoms with van der Waals surface area (Å²) in [5.41, 5.74) is 4.10. The molecule has 160 valence electrons. The molecule has 1 atom stereocenters.